The van der Waals surface area contributed by atoms with Gasteiger partial charge < -0.3 is 10.1 Å². The smallest absolute Gasteiger partial charge is 0.238 e. The maximum absolute atomic E-state index is 12.7. The van der Waals surface area contributed by atoms with Crippen LogP contribution in [0.5, 0.6) is 5.75 Å². The lowest BCUT2D eigenvalue weighted by Gasteiger charge is -2.27. The summed E-state index contributed by atoms with van der Waals surface area (Å²) in [5, 5.41) is 2.94. The van der Waals surface area contributed by atoms with Crippen molar-refractivity contribution in [1.82, 2.24) is 4.90 Å². The molecule has 1 N–H and O–H groups in total. The number of hydrogen-bond donors (Lipinski definition) is 1. The largest absolute Gasteiger partial charge is 0.497 e. The van der Waals surface area contributed by atoms with E-state index in [9.17, 15) is 13.2 Å². The van der Waals surface area contributed by atoms with E-state index in [0.29, 0.717) is 13.0 Å². The summed E-state index contributed by atoms with van der Waals surface area (Å²) in [5.74, 6) is 0.889. The van der Waals surface area contributed by atoms with Gasteiger partial charge in [-0.25, -0.2) is 8.42 Å². The van der Waals surface area contributed by atoms with Crippen molar-refractivity contribution in [3.05, 3.63) is 59.7 Å². The summed E-state index contributed by atoms with van der Waals surface area (Å²) in [6, 6.07) is 15.1. The highest BCUT2D eigenvalue weighted by molar-refractivity contribution is 7.91. The second-order valence-electron chi connectivity index (χ2n) is 7.17. The first kappa shape index (κ1) is 20.4. The number of aryl methyl sites for hydroxylation is 1. The highest BCUT2D eigenvalue weighted by atomic mass is 32.2. The second kappa shape index (κ2) is 8.75. The summed E-state index contributed by atoms with van der Waals surface area (Å²) in [6.07, 6.45) is 0.552. The summed E-state index contributed by atoms with van der Waals surface area (Å²) >= 11 is 0. The van der Waals surface area contributed by atoms with Gasteiger partial charge in [0.1, 0.15) is 5.75 Å². The van der Waals surface area contributed by atoms with Crippen LogP contribution in [0.15, 0.2) is 48.5 Å². The van der Waals surface area contributed by atoms with Gasteiger partial charge in [-0.1, -0.05) is 30.3 Å². The summed E-state index contributed by atoms with van der Waals surface area (Å²) in [5.41, 5.74) is 2.77. The first-order valence-corrected chi connectivity index (χ1v) is 11.1. The molecule has 1 aliphatic heterocycles. The van der Waals surface area contributed by atoms with Gasteiger partial charge in [-0.15, -0.1) is 0 Å². The number of sulfone groups is 1. The molecule has 3 rings (SSSR count). The molecule has 1 atom stereocenters. The van der Waals surface area contributed by atoms with E-state index < -0.39 is 9.84 Å². The van der Waals surface area contributed by atoms with Gasteiger partial charge in [0.25, 0.3) is 0 Å². The Morgan fingerprint density at radius 1 is 1.18 bits per heavy atom. The van der Waals surface area contributed by atoms with E-state index >= 15 is 0 Å². The van der Waals surface area contributed by atoms with Crippen LogP contribution in [0.3, 0.4) is 0 Å². The number of methoxy groups -OCH3 is 1. The van der Waals surface area contributed by atoms with Gasteiger partial charge in [0.15, 0.2) is 9.84 Å². The van der Waals surface area contributed by atoms with E-state index in [4.69, 9.17) is 4.74 Å². The molecule has 150 valence electrons. The van der Waals surface area contributed by atoms with Crippen molar-refractivity contribution in [3.63, 3.8) is 0 Å². The third-order valence-electron chi connectivity index (χ3n) is 5.04. The number of nitrogens with zero attached hydrogens (tertiary/aromatic N) is 1. The molecule has 1 unspecified atom stereocenters. The van der Waals surface area contributed by atoms with Crippen LogP contribution < -0.4 is 10.1 Å². The maximum Gasteiger partial charge on any atom is 0.238 e. The summed E-state index contributed by atoms with van der Waals surface area (Å²) in [4.78, 5) is 14.6. The minimum Gasteiger partial charge on any atom is -0.497 e. The zero-order chi connectivity index (χ0) is 20.1. The number of rotatable bonds is 7. The Morgan fingerprint density at radius 3 is 2.50 bits per heavy atom. The summed E-state index contributed by atoms with van der Waals surface area (Å²) in [7, 11) is -1.43. The van der Waals surface area contributed by atoms with Crippen molar-refractivity contribution < 1.29 is 17.9 Å². The molecule has 28 heavy (non-hydrogen) atoms. The quantitative estimate of drug-likeness (QED) is 0.771. The monoisotopic (exact) mass is 402 g/mol. The minimum atomic E-state index is -3.04. The van der Waals surface area contributed by atoms with Gasteiger partial charge in [-0.2, -0.15) is 0 Å². The van der Waals surface area contributed by atoms with Crippen molar-refractivity contribution in [3.8, 4) is 5.75 Å². The van der Waals surface area contributed by atoms with Crippen molar-refractivity contribution in [2.45, 2.75) is 25.9 Å². The summed E-state index contributed by atoms with van der Waals surface area (Å²) < 4.78 is 29.1. The van der Waals surface area contributed by atoms with Gasteiger partial charge in [0, 0.05) is 18.3 Å². The number of benzene rings is 2. The van der Waals surface area contributed by atoms with Crippen LogP contribution in [0, 0.1) is 6.92 Å². The Balaban J connectivity index is 1.73. The molecule has 2 aromatic rings. The van der Waals surface area contributed by atoms with Gasteiger partial charge in [0.2, 0.25) is 5.91 Å². The van der Waals surface area contributed by atoms with Crippen LogP contribution in [0.25, 0.3) is 0 Å². The zero-order valence-corrected chi connectivity index (χ0v) is 17.0. The third kappa shape index (κ3) is 5.33. The standard InChI is InChI=1S/C21H26N2O4S/c1-16-5-3-4-6-20(16)22-21(24)14-23(18-11-12-28(25,26)15-18)13-17-7-9-19(27-2)10-8-17/h3-10,18H,11-15H2,1-2H3,(H,22,24). The molecule has 6 nitrogen and oxygen atoms in total. The molecule has 0 saturated carbocycles. The van der Waals surface area contributed by atoms with Crippen molar-refractivity contribution in [1.29, 1.82) is 0 Å². The number of para-hydroxylation sites is 1. The van der Waals surface area contributed by atoms with Gasteiger partial charge in [-0.3, -0.25) is 9.69 Å². The first-order chi connectivity index (χ1) is 13.4. The molecular formula is C21H26N2O4S. The van der Waals surface area contributed by atoms with Crippen molar-refractivity contribution >= 4 is 21.4 Å². The predicted molar refractivity (Wildman–Crippen MR) is 110 cm³/mol. The topological polar surface area (TPSA) is 75.7 Å². The van der Waals surface area contributed by atoms with Crippen LogP contribution in [-0.4, -0.2) is 50.4 Å². The van der Waals surface area contributed by atoms with Crippen molar-refractivity contribution in [2.24, 2.45) is 0 Å². The Kier molecular flexibility index (Phi) is 6.36. The van der Waals surface area contributed by atoms with Crippen LogP contribution in [0.2, 0.25) is 0 Å². The number of ether oxygens (including phenoxy) is 1. The molecule has 0 aromatic heterocycles. The van der Waals surface area contributed by atoms with Gasteiger partial charge in [0.05, 0.1) is 25.2 Å². The Bertz CT molecular complexity index is 926. The van der Waals surface area contributed by atoms with Crippen molar-refractivity contribution in [2.75, 3.05) is 30.5 Å². The number of amides is 1. The van der Waals surface area contributed by atoms with E-state index in [0.717, 1.165) is 22.6 Å². The Morgan fingerprint density at radius 2 is 1.89 bits per heavy atom. The number of carbonyl (C=O) groups excluding carboxylic acids is 1. The number of carbonyl (C=O) groups is 1. The maximum atomic E-state index is 12.7. The Hall–Kier alpha value is -2.38. The van der Waals surface area contributed by atoms with Gasteiger partial charge >= 0.3 is 0 Å². The van der Waals surface area contributed by atoms with E-state index in [1.807, 2.05) is 60.4 Å². The minimum absolute atomic E-state index is 0.0980. The molecule has 2 aromatic carbocycles. The summed E-state index contributed by atoms with van der Waals surface area (Å²) in [6.45, 7) is 2.58. The van der Waals surface area contributed by atoms with Crippen LogP contribution in [0.1, 0.15) is 17.5 Å². The lowest BCUT2D eigenvalue weighted by atomic mass is 10.1. The third-order valence-corrected chi connectivity index (χ3v) is 6.79. The fourth-order valence-corrected chi connectivity index (χ4v) is 5.19. The zero-order valence-electron chi connectivity index (χ0n) is 16.2. The van der Waals surface area contributed by atoms with Crippen LogP contribution >= 0.6 is 0 Å². The average molecular weight is 403 g/mol. The highest BCUT2D eigenvalue weighted by Crippen LogP contribution is 2.21. The molecule has 1 aliphatic rings. The SMILES string of the molecule is COc1ccc(CN(CC(=O)Nc2ccccc2C)C2CCS(=O)(=O)C2)cc1. The van der Waals surface area contributed by atoms with E-state index in [1.165, 1.54) is 0 Å². The molecule has 7 heteroatoms. The number of nitrogens with one attached hydrogen (secondary N) is 1. The van der Waals surface area contributed by atoms with Crippen LogP contribution in [-0.2, 0) is 21.2 Å². The molecule has 0 bridgehead atoms. The number of hydrogen-bond acceptors (Lipinski definition) is 5. The molecule has 1 amide bonds. The highest BCUT2D eigenvalue weighted by Gasteiger charge is 2.33. The second-order valence-corrected chi connectivity index (χ2v) is 9.40. The Labute approximate surface area is 166 Å². The molecular weight excluding hydrogens is 376 g/mol. The van der Waals surface area contributed by atoms with E-state index in [-0.39, 0.29) is 30.0 Å². The van der Waals surface area contributed by atoms with Gasteiger partial charge in [-0.05, 0) is 42.7 Å². The lowest BCUT2D eigenvalue weighted by Crippen LogP contribution is -2.41. The predicted octanol–water partition coefficient (Wildman–Crippen LogP) is 2.63. The first-order valence-electron chi connectivity index (χ1n) is 9.29. The number of anilines is 1. The molecule has 0 spiro atoms. The molecule has 1 saturated heterocycles. The molecule has 1 fully saturated rings. The fraction of sp³-hybridized carbons (Fsp3) is 0.381. The van der Waals surface area contributed by atoms with E-state index in [1.54, 1.807) is 7.11 Å². The normalized spacial score (nSPS) is 18.2. The fourth-order valence-electron chi connectivity index (χ4n) is 3.43. The molecule has 1 heterocycles. The average Bonchev–Trinajstić information content (AvgIpc) is 3.03. The molecule has 0 aliphatic carbocycles. The van der Waals surface area contributed by atoms with Crippen LogP contribution in [0.4, 0.5) is 5.69 Å². The van der Waals surface area contributed by atoms with E-state index in [2.05, 4.69) is 5.32 Å². The lowest BCUT2D eigenvalue weighted by molar-refractivity contribution is -0.117. The molecule has 0 radical (unpaired) electrons.